The molecule has 0 aromatic rings. The number of carboxylic acid groups (broad SMARTS) is 1. The highest BCUT2D eigenvalue weighted by molar-refractivity contribution is 5.66. The summed E-state index contributed by atoms with van der Waals surface area (Å²) < 4.78 is 0. The van der Waals surface area contributed by atoms with E-state index in [0.29, 0.717) is 6.54 Å². The lowest BCUT2D eigenvalue weighted by Crippen LogP contribution is -2.31. The second-order valence-corrected chi connectivity index (χ2v) is 4.43. The minimum absolute atomic E-state index is 0.230. The second-order valence-electron chi connectivity index (χ2n) is 4.43. The van der Waals surface area contributed by atoms with E-state index in [-0.39, 0.29) is 6.42 Å². The summed E-state index contributed by atoms with van der Waals surface area (Å²) in [5, 5.41) is 11.6. The first kappa shape index (κ1) is 12.5. The largest absolute Gasteiger partial charge is 0.481 e. The minimum Gasteiger partial charge on any atom is -0.481 e. The van der Waals surface area contributed by atoms with E-state index in [1.54, 1.807) is 0 Å². The van der Waals surface area contributed by atoms with E-state index in [4.69, 9.17) is 5.11 Å². The molecule has 0 spiro atoms. The Morgan fingerprint density at radius 1 is 1.40 bits per heavy atom. The molecule has 0 amide bonds. The number of carboxylic acids is 1. The molecule has 0 radical (unpaired) electrons. The van der Waals surface area contributed by atoms with Crippen LogP contribution in [0.1, 0.15) is 25.7 Å². The molecular formula is C11H22N2O2. The lowest BCUT2D eigenvalue weighted by Gasteiger charge is -2.28. The molecule has 0 aliphatic carbocycles. The summed E-state index contributed by atoms with van der Waals surface area (Å²) in [5.74, 6) is 0.111. The first-order valence-corrected chi connectivity index (χ1v) is 5.79. The summed E-state index contributed by atoms with van der Waals surface area (Å²) >= 11 is 0. The van der Waals surface area contributed by atoms with E-state index < -0.39 is 5.97 Å². The van der Waals surface area contributed by atoms with Crippen LogP contribution in [0.25, 0.3) is 0 Å². The van der Waals surface area contributed by atoms with Crippen molar-refractivity contribution in [2.45, 2.75) is 25.7 Å². The van der Waals surface area contributed by atoms with Crippen LogP contribution in [0.2, 0.25) is 0 Å². The van der Waals surface area contributed by atoms with E-state index in [9.17, 15) is 4.79 Å². The molecule has 0 atom stereocenters. The maximum atomic E-state index is 10.3. The SMILES string of the molecule is CN1CCC(CCNCCC(=O)O)CC1. The number of nitrogens with one attached hydrogen (secondary N) is 1. The van der Waals surface area contributed by atoms with Crippen molar-refractivity contribution in [1.29, 1.82) is 0 Å². The molecule has 2 N–H and O–H groups in total. The fourth-order valence-corrected chi connectivity index (χ4v) is 1.98. The van der Waals surface area contributed by atoms with Crippen molar-refractivity contribution in [3.8, 4) is 0 Å². The van der Waals surface area contributed by atoms with Crippen molar-refractivity contribution in [3.63, 3.8) is 0 Å². The van der Waals surface area contributed by atoms with Crippen molar-refractivity contribution in [2.24, 2.45) is 5.92 Å². The van der Waals surface area contributed by atoms with Gasteiger partial charge in [0.1, 0.15) is 0 Å². The second kappa shape index (κ2) is 6.80. The zero-order chi connectivity index (χ0) is 11.1. The van der Waals surface area contributed by atoms with Crippen LogP contribution >= 0.6 is 0 Å². The number of aliphatic carboxylic acids is 1. The zero-order valence-electron chi connectivity index (χ0n) is 9.54. The summed E-state index contributed by atoms with van der Waals surface area (Å²) in [7, 11) is 2.17. The molecule has 1 heterocycles. The average molecular weight is 214 g/mol. The number of hydrogen-bond acceptors (Lipinski definition) is 3. The third-order valence-electron chi connectivity index (χ3n) is 3.08. The molecule has 1 saturated heterocycles. The van der Waals surface area contributed by atoms with Gasteiger partial charge >= 0.3 is 5.97 Å². The van der Waals surface area contributed by atoms with Gasteiger partial charge in [-0.25, -0.2) is 0 Å². The van der Waals surface area contributed by atoms with Crippen LogP contribution in [0.3, 0.4) is 0 Å². The summed E-state index contributed by atoms with van der Waals surface area (Å²) in [4.78, 5) is 12.6. The molecule has 4 nitrogen and oxygen atoms in total. The highest BCUT2D eigenvalue weighted by Crippen LogP contribution is 2.18. The van der Waals surface area contributed by atoms with Gasteiger partial charge in [0.25, 0.3) is 0 Å². The predicted molar refractivity (Wildman–Crippen MR) is 60.0 cm³/mol. The standard InChI is InChI=1S/C11H22N2O2/c1-13-8-4-10(5-9-13)2-6-12-7-3-11(14)15/h10,12H,2-9H2,1H3,(H,14,15). The first-order chi connectivity index (χ1) is 7.18. The van der Waals surface area contributed by atoms with Crippen LogP contribution in [0.5, 0.6) is 0 Å². The number of carbonyl (C=O) groups is 1. The molecule has 4 heteroatoms. The smallest absolute Gasteiger partial charge is 0.304 e. The molecular weight excluding hydrogens is 192 g/mol. The molecule has 0 aromatic carbocycles. The maximum Gasteiger partial charge on any atom is 0.304 e. The van der Waals surface area contributed by atoms with Gasteiger partial charge in [0, 0.05) is 6.54 Å². The van der Waals surface area contributed by atoms with Crippen molar-refractivity contribution in [1.82, 2.24) is 10.2 Å². The van der Waals surface area contributed by atoms with Gasteiger partial charge in [0.2, 0.25) is 0 Å². The van der Waals surface area contributed by atoms with Crippen LogP contribution in [0.4, 0.5) is 0 Å². The number of nitrogens with zero attached hydrogens (tertiary/aromatic N) is 1. The van der Waals surface area contributed by atoms with Gasteiger partial charge in [-0.05, 0) is 51.9 Å². The van der Waals surface area contributed by atoms with Crippen LogP contribution in [-0.4, -0.2) is 49.2 Å². The lowest BCUT2D eigenvalue weighted by atomic mass is 9.94. The zero-order valence-corrected chi connectivity index (χ0v) is 9.54. The van der Waals surface area contributed by atoms with E-state index in [0.717, 1.165) is 12.5 Å². The summed E-state index contributed by atoms with van der Waals surface area (Å²) in [6.07, 6.45) is 4.00. The molecule has 88 valence electrons. The quantitative estimate of drug-likeness (QED) is 0.642. The van der Waals surface area contributed by atoms with Crippen LogP contribution in [0.15, 0.2) is 0 Å². The van der Waals surface area contributed by atoms with Gasteiger partial charge < -0.3 is 15.3 Å². The van der Waals surface area contributed by atoms with E-state index >= 15 is 0 Å². The Hall–Kier alpha value is -0.610. The Kier molecular flexibility index (Phi) is 5.65. The number of likely N-dealkylation sites (tertiary alicyclic amines) is 1. The highest BCUT2D eigenvalue weighted by atomic mass is 16.4. The maximum absolute atomic E-state index is 10.3. The lowest BCUT2D eigenvalue weighted by molar-refractivity contribution is -0.136. The predicted octanol–water partition coefficient (Wildman–Crippen LogP) is 0.783. The molecule has 0 aromatic heterocycles. The molecule has 0 unspecified atom stereocenters. The number of piperidine rings is 1. The topological polar surface area (TPSA) is 52.6 Å². The molecule has 15 heavy (non-hydrogen) atoms. The Morgan fingerprint density at radius 2 is 2.07 bits per heavy atom. The number of hydrogen-bond donors (Lipinski definition) is 2. The molecule has 0 bridgehead atoms. The van der Waals surface area contributed by atoms with Crippen molar-refractivity contribution in [2.75, 3.05) is 33.2 Å². The highest BCUT2D eigenvalue weighted by Gasteiger charge is 2.15. The summed E-state index contributed by atoms with van der Waals surface area (Å²) in [6, 6.07) is 0. The van der Waals surface area contributed by atoms with Crippen molar-refractivity contribution >= 4 is 5.97 Å². The Bertz CT molecular complexity index is 189. The Morgan fingerprint density at radius 3 is 2.67 bits per heavy atom. The third kappa shape index (κ3) is 5.74. The van der Waals surface area contributed by atoms with E-state index in [1.165, 1.54) is 32.4 Å². The van der Waals surface area contributed by atoms with Crippen LogP contribution in [0, 0.1) is 5.92 Å². The Balaban J connectivity index is 1.94. The van der Waals surface area contributed by atoms with Crippen LogP contribution < -0.4 is 5.32 Å². The fraction of sp³-hybridized carbons (Fsp3) is 0.909. The molecule has 0 saturated carbocycles. The van der Waals surface area contributed by atoms with Gasteiger partial charge in [-0.1, -0.05) is 0 Å². The summed E-state index contributed by atoms with van der Waals surface area (Å²) in [6.45, 7) is 3.98. The number of rotatable bonds is 6. The first-order valence-electron chi connectivity index (χ1n) is 5.79. The average Bonchev–Trinajstić information content (AvgIpc) is 2.20. The fourth-order valence-electron chi connectivity index (χ4n) is 1.98. The molecule has 1 aliphatic rings. The van der Waals surface area contributed by atoms with Gasteiger partial charge in [0.05, 0.1) is 6.42 Å². The monoisotopic (exact) mass is 214 g/mol. The molecule has 1 rings (SSSR count). The van der Waals surface area contributed by atoms with Gasteiger partial charge in [-0.3, -0.25) is 4.79 Å². The van der Waals surface area contributed by atoms with Crippen molar-refractivity contribution < 1.29 is 9.90 Å². The van der Waals surface area contributed by atoms with Gasteiger partial charge in [0.15, 0.2) is 0 Å². The molecule has 1 fully saturated rings. The third-order valence-corrected chi connectivity index (χ3v) is 3.08. The normalized spacial score (nSPS) is 19.3. The van der Waals surface area contributed by atoms with Crippen molar-refractivity contribution in [3.05, 3.63) is 0 Å². The molecule has 1 aliphatic heterocycles. The Labute approximate surface area is 91.6 Å². The van der Waals surface area contributed by atoms with E-state index in [2.05, 4.69) is 17.3 Å². The van der Waals surface area contributed by atoms with Gasteiger partial charge in [-0.15, -0.1) is 0 Å². The van der Waals surface area contributed by atoms with Crippen LogP contribution in [-0.2, 0) is 4.79 Å². The van der Waals surface area contributed by atoms with E-state index in [1.807, 2.05) is 0 Å². The minimum atomic E-state index is -0.721. The van der Waals surface area contributed by atoms with Gasteiger partial charge in [-0.2, -0.15) is 0 Å². The summed E-state index contributed by atoms with van der Waals surface area (Å²) in [5.41, 5.74) is 0.